The Balaban J connectivity index is 2.15. The van der Waals surface area contributed by atoms with Crippen LogP contribution in [0.15, 0.2) is 24.3 Å². The largest absolute Gasteiger partial charge is 0.313 e. The number of carbonyl (C=O) groups excluding carboxylic acids is 1. The molecule has 1 aromatic rings. The maximum absolute atomic E-state index is 11.7. The zero-order chi connectivity index (χ0) is 11.4. The summed E-state index contributed by atoms with van der Waals surface area (Å²) in [6.45, 7) is 0.425. The lowest BCUT2D eigenvalue weighted by Gasteiger charge is -2.10. The van der Waals surface area contributed by atoms with Crippen molar-refractivity contribution in [2.24, 2.45) is 0 Å². The zero-order valence-electron chi connectivity index (χ0n) is 9.83. The van der Waals surface area contributed by atoms with Crippen molar-refractivity contribution >= 4 is 5.78 Å². The first kappa shape index (κ1) is 11.3. The molecule has 2 rings (SSSR count). The van der Waals surface area contributed by atoms with Gasteiger partial charge >= 0.3 is 0 Å². The standard InChI is InChI=1S/C14H19NO/c1-15-10-14(16)13-8-4-7-12(9-13)11-5-2-3-6-11/h4,7-9,11,15H,2-3,5-6,10H2,1H3. The van der Waals surface area contributed by atoms with Crippen LogP contribution in [0.1, 0.15) is 47.5 Å². The molecule has 1 fully saturated rings. The molecule has 1 N–H and O–H groups in total. The van der Waals surface area contributed by atoms with Crippen LogP contribution in [0.25, 0.3) is 0 Å². The molecular formula is C14H19NO. The molecule has 16 heavy (non-hydrogen) atoms. The smallest absolute Gasteiger partial charge is 0.176 e. The van der Waals surface area contributed by atoms with Crippen LogP contribution in [0.5, 0.6) is 0 Å². The van der Waals surface area contributed by atoms with Gasteiger partial charge in [0.2, 0.25) is 0 Å². The van der Waals surface area contributed by atoms with Crippen molar-refractivity contribution in [3.8, 4) is 0 Å². The maximum atomic E-state index is 11.7. The summed E-state index contributed by atoms with van der Waals surface area (Å²) < 4.78 is 0. The second-order valence-electron chi connectivity index (χ2n) is 4.56. The first-order valence-corrected chi connectivity index (χ1v) is 6.09. The van der Waals surface area contributed by atoms with Crippen molar-refractivity contribution in [2.45, 2.75) is 31.6 Å². The molecule has 0 spiro atoms. The van der Waals surface area contributed by atoms with Gasteiger partial charge in [0.15, 0.2) is 5.78 Å². The van der Waals surface area contributed by atoms with Gasteiger partial charge in [-0.05, 0) is 37.4 Å². The zero-order valence-corrected chi connectivity index (χ0v) is 9.83. The van der Waals surface area contributed by atoms with Gasteiger partial charge in [0.1, 0.15) is 0 Å². The van der Waals surface area contributed by atoms with Crippen molar-refractivity contribution in [1.82, 2.24) is 5.32 Å². The number of ketones is 1. The SMILES string of the molecule is CNCC(=O)c1cccc(C2CCCC2)c1. The van der Waals surface area contributed by atoms with Crippen LogP contribution in [0.2, 0.25) is 0 Å². The Bertz CT molecular complexity index is 367. The number of Topliss-reactive ketones (excluding diaryl/α,β-unsaturated/α-hetero) is 1. The fourth-order valence-electron chi connectivity index (χ4n) is 2.49. The van der Waals surface area contributed by atoms with E-state index in [1.165, 1.54) is 31.2 Å². The van der Waals surface area contributed by atoms with Crippen molar-refractivity contribution in [3.63, 3.8) is 0 Å². The fourth-order valence-corrected chi connectivity index (χ4v) is 2.49. The molecular weight excluding hydrogens is 198 g/mol. The summed E-state index contributed by atoms with van der Waals surface area (Å²) in [5.74, 6) is 0.865. The first-order valence-electron chi connectivity index (χ1n) is 6.09. The van der Waals surface area contributed by atoms with Crippen LogP contribution < -0.4 is 5.32 Å². The van der Waals surface area contributed by atoms with Crippen molar-refractivity contribution in [1.29, 1.82) is 0 Å². The van der Waals surface area contributed by atoms with E-state index >= 15 is 0 Å². The molecule has 0 atom stereocenters. The monoisotopic (exact) mass is 217 g/mol. The third-order valence-electron chi connectivity index (χ3n) is 3.37. The highest BCUT2D eigenvalue weighted by Crippen LogP contribution is 2.34. The predicted molar refractivity (Wildman–Crippen MR) is 65.9 cm³/mol. The van der Waals surface area contributed by atoms with Gasteiger partial charge < -0.3 is 5.32 Å². The molecule has 2 heteroatoms. The summed E-state index contributed by atoms with van der Waals surface area (Å²) in [6, 6.07) is 8.16. The summed E-state index contributed by atoms with van der Waals surface area (Å²) in [4.78, 5) is 11.7. The normalized spacial score (nSPS) is 16.6. The topological polar surface area (TPSA) is 29.1 Å². The third-order valence-corrected chi connectivity index (χ3v) is 3.37. The molecule has 0 unspecified atom stereocenters. The maximum Gasteiger partial charge on any atom is 0.176 e. The van der Waals surface area contributed by atoms with Gasteiger partial charge in [-0.15, -0.1) is 0 Å². The van der Waals surface area contributed by atoms with Gasteiger partial charge in [-0.25, -0.2) is 0 Å². The Morgan fingerprint density at radius 3 is 2.81 bits per heavy atom. The molecule has 86 valence electrons. The Kier molecular flexibility index (Phi) is 3.73. The molecule has 1 aliphatic rings. The minimum absolute atomic E-state index is 0.183. The Hall–Kier alpha value is -1.15. The third kappa shape index (κ3) is 2.50. The number of hydrogen-bond donors (Lipinski definition) is 1. The van der Waals surface area contributed by atoms with E-state index in [-0.39, 0.29) is 5.78 Å². The lowest BCUT2D eigenvalue weighted by atomic mass is 9.95. The van der Waals surface area contributed by atoms with E-state index in [9.17, 15) is 4.79 Å². The van der Waals surface area contributed by atoms with Gasteiger partial charge in [0, 0.05) is 5.56 Å². The lowest BCUT2D eigenvalue weighted by Crippen LogP contribution is -2.18. The molecule has 0 aliphatic heterocycles. The molecule has 0 radical (unpaired) electrons. The van der Waals surface area contributed by atoms with E-state index in [2.05, 4.69) is 17.4 Å². The molecule has 0 amide bonds. The van der Waals surface area contributed by atoms with Crippen molar-refractivity contribution < 1.29 is 4.79 Å². The highest BCUT2D eigenvalue weighted by molar-refractivity contribution is 5.97. The lowest BCUT2D eigenvalue weighted by molar-refractivity contribution is 0.0993. The Morgan fingerprint density at radius 1 is 1.38 bits per heavy atom. The Labute approximate surface area is 97.1 Å². The van der Waals surface area contributed by atoms with Gasteiger partial charge in [0.25, 0.3) is 0 Å². The van der Waals surface area contributed by atoms with Crippen LogP contribution in [-0.4, -0.2) is 19.4 Å². The molecule has 1 aromatic carbocycles. The average Bonchev–Trinajstić information content (AvgIpc) is 2.83. The second-order valence-corrected chi connectivity index (χ2v) is 4.56. The Morgan fingerprint density at radius 2 is 2.12 bits per heavy atom. The molecule has 1 saturated carbocycles. The van der Waals surface area contributed by atoms with Crippen LogP contribution in [0.4, 0.5) is 0 Å². The van der Waals surface area contributed by atoms with Crippen molar-refractivity contribution in [2.75, 3.05) is 13.6 Å². The summed E-state index contributed by atoms with van der Waals surface area (Å²) in [7, 11) is 1.80. The molecule has 0 heterocycles. The van der Waals surface area contributed by atoms with Crippen LogP contribution in [0.3, 0.4) is 0 Å². The highest BCUT2D eigenvalue weighted by Gasteiger charge is 2.17. The van der Waals surface area contributed by atoms with E-state index < -0.39 is 0 Å². The summed E-state index contributed by atoms with van der Waals surface area (Å²) in [5, 5.41) is 2.91. The van der Waals surface area contributed by atoms with Crippen LogP contribution >= 0.6 is 0 Å². The van der Waals surface area contributed by atoms with E-state index in [1.807, 2.05) is 12.1 Å². The van der Waals surface area contributed by atoms with Gasteiger partial charge in [-0.2, -0.15) is 0 Å². The number of carbonyl (C=O) groups is 1. The number of nitrogens with one attached hydrogen (secondary N) is 1. The predicted octanol–water partition coefficient (Wildman–Crippen LogP) is 2.75. The van der Waals surface area contributed by atoms with Crippen LogP contribution in [-0.2, 0) is 0 Å². The van der Waals surface area contributed by atoms with E-state index in [0.717, 1.165) is 5.56 Å². The number of likely N-dealkylation sites (N-methyl/N-ethyl adjacent to an activating group) is 1. The van der Waals surface area contributed by atoms with Crippen molar-refractivity contribution in [3.05, 3.63) is 35.4 Å². The van der Waals surface area contributed by atoms with E-state index in [1.54, 1.807) is 7.05 Å². The summed E-state index contributed by atoms with van der Waals surface area (Å²) in [6.07, 6.45) is 5.23. The number of rotatable bonds is 4. The van der Waals surface area contributed by atoms with Gasteiger partial charge in [-0.1, -0.05) is 31.0 Å². The molecule has 0 aromatic heterocycles. The first-order chi connectivity index (χ1) is 7.81. The summed E-state index contributed by atoms with van der Waals surface area (Å²) >= 11 is 0. The fraction of sp³-hybridized carbons (Fsp3) is 0.500. The quantitative estimate of drug-likeness (QED) is 0.786. The van der Waals surface area contributed by atoms with Gasteiger partial charge in [-0.3, -0.25) is 4.79 Å². The average molecular weight is 217 g/mol. The van der Waals surface area contributed by atoms with E-state index in [0.29, 0.717) is 12.5 Å². The molecule has 0 bridgehead atoms. The molecule has 2 nitrogen and oxygen atoms in total. The van der Waals surface area contributed by atoms with E-state index in [4.69, 9.17) is 0 Å². The second kappa shape index (κ2) is 5.26. The van der Waals surface area contributed by atoms with Crippen LogP contribution in [0, 0.1) is 0 Å². The highest BCUT2D eigenvalue weighted by atomic mass is 16.1. The minimum atomic E-state index is 0.183. The molecule has 1 aliphatic carbocycles. The summed E-state index contributed by atoms with van der Waals surface area (Å²) in [5.41, 5.74) is 2.19. The number of benzene rings is 1. The number of hydrogen-bond acceptors (Lipinski definition) is 2. The molecule has 0 saturated heterocycles. The van der Waals surface area contributed by atoms with Gasteiger partial charge in [0.05, 0.1) is 6.54 Å². The minimum Gasteiger partial charge on any atom is -0.313 e.